The number of aliphatic hydroxyl groups is 3. The lowest BCUT2D eigenvalue weighted by Crippen LogP contribution is -2.79. The minimum absolute atomic E-state index is 0.101. The SMILES string of the molecule is CC(=O)O[C@@]12CO[C@@H]1C[C@H](O)[C@@]1(C)C(=O)[C@@H]3O[C@](O)([C@@H](OC(=O)c4ccccc4)[C@H]21)C(C)(C)/C3=C(\C)CN(C)C(=O)[C@H](O)[C@@H](NC(=O)c1ccccc1)c1ccccc1. The molecule has 14 nitrogen and oxygen atoms in total. The third kappa shape index (κ3) is 6.76. The van der Waals surface area contributed by atoms with Gasteiger partial charge in [0.25, 0.3) is 11.8 Å². The molecule has 4 aliphatic rings. The number of nitrogens with zero attached hydrogens (tertiary/aromatic N) is 1. The summed E-state index contributed by atoms with van der Waals surface area (Å²) in [5.41, 5.74) is -3.29. The van der Waals surface area contributed by atoms with E-state index in [1.807, 2.05) is 0 Å². The fourth-order valence-electron chi connectivity index (χ4n) is 9.79. The first-order valence-electron chi connectivity index (χ1n) is 19.6. The van der Waals surface area contributed by atoms with Gasteiger partial charge < -0.3 is 44.5 Å². The third-order valence-electron chi connectivity index (χ3n) is 12.9. The maximum Gasteiger partial charge on any atom is 0.338 e. The molecule has 0 radical (unpaired) electrons. The first-order valence-corrected chi connectivity index (χ1v) is 19.6. The average Bonchev–Trinajstić information content (AvgIpc) is 3.40. The predicted molar refractivity (Wildman–Crippen MR) is 210 cm³/mol. The van der Waals surface area contributed by atoms with E-state index >= 15 is 4.79 Å². The minimum Gasteiger partial charge on any atom is -0.453 e. The Morgan fingerprint density at radius 2 is 1.49 bits per heavy atom. The summed E-state index contributed by atoms with van der Waals surface area (Å²) >= 11 is 0. The number of fused-ring (bicyclic) bond motifs is 5. The highest BCUT2D eigenvalue weighted by molar-refractivity contribution is 5.96. The third-order valence-corrected chi connectivity index (χ3v) is 12.9. The number of carbonyl (C=O) groups excluding carboxylic acids is 5. The molecular weight excluding hydrogens is 760 g/mol. The zero-order valence-corrected chi connectivity index (χ0v) is 33.8. The van der Waals surface area contributed by atoms with Crippen LogP contribution in [-0.2, 0) is 33.3 Å². The molecule has 312 valence electrons. The summed E-state index contributed by atoms with van der Waals surface area (Å²) in [6, 6.07) is 23.9. The molecule has 3 aliphatic heterocycles. The molecule has 59 heavy (non-hydrogen) atoms. The number of carbonyl (C=O) groups is 5. The number of amides is 2. The van der Waals surface area contributed by atoms with Crippen molar-refractivity contribution in [2.45, 2.75) is 89.0 Å². The van der Waals surface area contributed by atoms with E-state index in [2.05, 4.69) is 5.32 Å². The summed E-state index contributed by atoms with van der Waals surface area (Å²) in [7, 11) is 1.46. The van der Waals surface area contributed by atoms with Gasteiger partial charge >= 0.3 is 11.9 Å². The minimum atomic E-state index is -2.47. The van der Waals surface area contributed by atoms with Gasteiger partial charge in [-0.2, -0.15) is 0 Å². The average molecular weight is 811 g/mol. The van der Waals surface area contributed by atoms with E-state index in [-0.39, 0.29) is 30.7 Å². The Bertz CT molecular complexity index is 2160. The quantitative estimate of drug-likeness (QED) is 0.173. The molecule has 7 rings (SSSR count). The highest BCUT2D eigenvalue weighted by Gasteiger charge is 2.80. The number of aliphatic hydroxyl groups excluding tert-OH is 2. The summed E-state index contributed by atoms with van der Waals surface area (Å²) in [6.07, 6.45) is -7.37. The van der Waals surface area contributed by atoms with Gasteiger partial charge in [0.1, 0.15) is 12.2 Å². The summed E-state index contributed by atoms with van der Waals surface area (Å²) in [4.78, 5) is 70.5. The summed E-state index contributed by atoms with van der Waals surface area (Å²) in [5, 5.41) is 39.3. The van der Waals surface area contributed by atoms with Crippen LogP contribution >= 0.6 is 0 Å². The van der Waals surface area contributed by atoms with Crippen molar-refractivity contribution in [3.63, 3.8) is 0 Å². The van der Waals surface area contributed by atoms with Crippen molar-refractivity contribution in [3.8, 4) is 0 Å². The van der Waals surface area contributed by atoms with E-state index < -0.39 is 94.2 Å². The molecule has 1 aliphatic carbocycles. The Hall–Kier alpha value is -5.25. The van der Waals surface area contributed by atoms with Crippen molar-refractivity contribution in [2.24, 2.45) is 16.7 Å². The van der Waals surface area contributed by atoms with E-state index in [0.29, 0.717) is 16.7 Å². The topological polar surface area (TPSA) is 198 Å². The molecule has 3 saturated heterocycles. The largest absolute Gasteiger partial charge is 0.453 e. The second-order valence-corrected chi connectivity index (χ2v) is 16.8. The Morgan fingerprint density at radius 1 is 0.915 bits per heavy atom. The second kappa shape index (κ2) is 15.4. The van der Waals surface area contributed by atoms with Gasteiger partial charge in [-0.1, -0.05) is 86.2 Å². The Morgan fingerprint density at radius 3 is 2.05 bits per heavy atom. The Labute approximate surface area is 342 Å². The number of rotatable bonds is 10. The lowest BCUT2D eigenvalue weighted by atomic mass is 9.49. The van der Waals surface area contributed by atoms with E-state index in [1.165, 1.54) is 37.9 Å². The number of Topliss-reactive ketones (excluding diaryl/α,β-unsaturated/α-hetero) is 1. The number of hydrogen-bond acceptors (Lipinski definition) is 12. The van der Waals surface area contributed by atoms with Crippen LogP contribution in [0.15, 0.2) is 102 Å². The van der Waals surface area contributed by atoms with Gasteiger partial charge in [-0.3, -0.25) is 19.2 Å². The molecule has 2 bridgehead atoms. The van der Waals surface area contributed by atoms with Crippen molar-refractivity contribution >= 4 is 29.5 Å². The van der Waals surface area contributed by atoms with Gasteiger partial charge in [0.05, 0.1) is 35.6 Å². The van der Waals surface area contributed by atoms with Crippen LogP contribution in [0.1, 0.15) is 73.4 Å². The molecule has 2 amide bonds. The van der Waals surface area contributed by atoms with Gasteiger partial charge in [0.15, 0.2) is 23.6 Å². The van der Waals surface area contributed by atoms with Crippen LogP contribution in [-0.4, -0.2) is 112 Å². The molecule has 3 heterocycles. The van der Waals surface area contributed by atoms with Crippen molar-refractivity contribution < 1.29 is 58.2 Å². The molecule has 0 unspecified atom stereocenters. The first-order chi connectivity index (χ1) is 27.9. The number of esters is 2. The van der Waals surface area contributed by atoms with Crippen LogP contribution in [0.25, 0.3) is 0 Å². The molecule has 3 aromatic carbocycles. The number of benzene rings is 3. The molecule has 4 fully saturated rings. The van der Waals surface area contributed by atoms with Gasteiger partial charge in [-0.25, -0.2) is 4.79 Å². The number of likely N-dealkylation sites (N-methyl/N-ethyl adjacent to an activating group) is 1. The smallest absolute Gasteiger partial charge is 0.338 e. The molecule has 4 N–H and O–H groups in total. The van der Waals surface area contributed by atoms with Crippen LogP contribution in [0.2, 0.25) is 0 Å². The summed E-state index contributed by atoms with van der Waals surface area (Å²) < 4.78 is 24.5. The lowest BCUT2D eigenvalue weighted by Gasteiger charge is -2.63. The van der Waals surface area contributed by atoms with Gasteiger partial charge in [0, 0.05) is 37.9 Å². The summed E-state index contributed by atoms with van der Waals surface area (Å²) in [6.45, 7) is 7.25. The van der Waals surface area contributed by atoms with E-state index in [1.54, 1.807) is 99.6 Å². The lowest BCUT2D eigenvalue weighted by molar-refractivity contribution is -0.356. The predicted octanol–water partition coefficient (Wildman–Crippen LogP) is 3.30. The molecule has 1 saturated carbocycles. The molecule has 10 atom stereocenters. The maximum absolute atomic E-state index is 15.2. The number of hydrogen-bond donors (Lipinski definition) is 4. The van der Waals surface area contributed by atoms with Crippen molar-refractivity contribution in [1.82, 2.24) is 10.2 Å². The highest BCUT2D eigenvalue weighted by Crippen LogP contribution is 2.65. The van der Waals surface area contributed by atoms with Crippen LogP contribution in [0.5, 0.6) is 0 Å². The second-order valence-electron chi connectivity index (χ2n) is 16.8. The molecule has 0 spiro atoms. The molecule has 0 aromatic heterocycles. The monoisotopic (exact) mass is 810 g/mol. The van der Waals surface area contributed by atoms with Crippen molar-refractivity contribution in [3.05, 3.63) is 119 Å². The number of nitrogens with one attached hydrogen (secondary N) is 1. The highest BCUT2D eigenvalue weighted by atomic mass is 16.7. The fraction of sp³-hybridized carbons (Fsp3) is 0.444. The molecule has 14 heteroatoms. The van der Waals surface area contributed by atoms with Crippen LogP contribution in [0.4, 0.5) is 0 Å². The Kier molecular flexibility index (Phi) is 10.9. The van der Waals surface area contributed by atoms with Gasteiger partial charge in [0.2, 0.25) is 5.79 Å². The fourth-order valence-corrected chi connectivity index (χ4v) is 9.79. The van der Waals surface area contributed by atoms with E-state index in [4.69, 9.17) is 18.9 Å². The van der Waals surface area contributed by atoms with Crippen molar-refractivity contribution in [1.29, 1.82) is 0 Å². The van der Waals surface area contributed by atoms with Crippen LogP contribution < -0.4 is 5.32 Å². The van der Waals surface area contributed by atoms with E-state index in [9.17, 15) is 34.5 Å². The van der Waals surface area contributed by atoms with Gasteiger partial charge in [-0.15, -0.1) is 0 Å². The normalized spacial score (nSPS) is 32.2. The van der Waals surface area contributed by atoms with E-state index in [0.717, 1.165) is 0 Å². The van der Waals surface area contributed by atoms with Gasteiger partial charge in [-0.05, 0) is 49.2 Å². The number of ether oxygens (including phenoxy) is 4. The summed E-state index contributed by atoms with van der Waals surface area (Å²) in [5.74, 6) is -7.25. The van der Waals surface area contributed by atoms with Crippen molar-refractivity contribution in [2.75, 3.05) is 20.2 Å². The maximum atomic E-state index is 15.2. The zero-order valence-electron chi connectivity index (χ0n) is 33.8. The Balaban J connectivity index is 1.27. The molecule has 3 aromatic rings. The standard InChI is InChI=1S/C45H50N2O12/c1-25(23-47(6)40(53)34(50)33(27-16-10-7-11-17-27)46-39(52)28-18-12-8-13-19-28)32-35-37(51)43(5)30(49)22-31-44(24-56-31,58-26(2)48)36(43)38(45(55,59-35)42(32,3)4)57-41(54)29-20-14-9-15-21-29/h7-21,30-31,33-36,38,49-50,55H,22-24H2,1-6H3,(H,46,52)/b32-25+/t30-,31+,33-,34+,35+,36-,38-,43+,44-,45+/m0/s1. The number of ketones is 1. The van der Waals surface area contributed by atoms with Crippen LogP contribution in [0, 0.1) is 16.7 Å². The first kappa shape index (κ1) is 41.9. The van der Waals surface area contributed by atoms with Crippen LogP contribution in [0.3, 0.4) is 0 Å². The molecular formula is C45H50N2O12. The zero-order chi connectivity index (χ0) is 42.7.